The number of sulfonamides is 1. The number of amides is 2. The Bertz CT molecular complexity index is 671. The third-order valence-corrected chi connectivity index (χ3v) is 4.57. The van der Waals surface area contributed by atoms with Gasteiger partial charge in [0.2, 0.25) is 21.8 Å². The normalized spacial score (nSPS) is 12.5. The van der Waals surface area contributed by atoms with Crippen molar-refractivity contribution in [2.24, 2.45) is 11.7 Å². The first kappa shape index (κ1) is 19.9. The van der Waals surface area contributed by atoms with Crippen molar-refractivity contribution in [3.05, 3.63) is 24.3 Å². The minimum atomic E-state index is -3.34. The van der Waals surface area contributed by atoms with Gasteiger partial charge in [0.05, 0.1) is 18.3 Å². The summed E-state index contributed by atoms with van der Waals surface area (Å²) in [6, 6.07) is 5.54. The molecule has 0 aliphatic heterocycles. The number of benzene rings is 1. The van der Waals surface area contributed by atoms with E-state index in [1.54, 1.807) is 12.1 Å². The summed E-state index contributed by atoms with van der Waals surface area (Å²) in [4.78, 5) is 23.5. The molecule has 134 valence electrons. The summed E-state index contributed by atoms with van der Waals surface area (Å²) < 4.78 is 25.3. The van der Waals surface area contributed by atoms with Gasteiger partial charge in [0, 0.05) is 11.4 Å². The Kier molecular flexibility index (Phi) is 7.18. The van der Waals surface area contributed by atoms with Gasteiger partial charge < -0.3 is 16.4 Å². The van der Waals surface area contributed by atoms with Crippen LogP contribution in [-0.2, 0) is 19.6 Å². The van der Waals surface area contributed by atoms with E-state index in [4.69, 9.17) is 5.73 Å². The zero-order chi connectivity index (χ0) is 18.3. The Balaban J connectivity index is 2.52. The summed E-state index contributed by atoms with van der Waals surface area (Å²) in [7, 11) is -3.34. The molecule has 0 aliphatic rings. The van der Waals surface area contributed by atoms with Crippen LogP contribution in [0.15, 0.2) is 24.3 Å². The van der Waals surface area contributed by atoms with E-state index >= 15 is 0 Å². The second-order valence-corrected chi connectivity index (χ2v) is 7.63. The number of carbonyl (C=O) groups is 2. The van der Waals surface area contributed by atoms with Gasteiger partial charge in [-0.15, -0.1) is 0 Å². The number of carbonyl (C=O) groups excluding carboxylic acids is 2. The molecule has 24 heavy (non-hydrogen) atoms. The largest absolute Gasteiger partial charge is 0.346 e. The molecule has 0 saturated heterocycles. The first-order valence-corrected chi connectivity index (χ1v) is 9.23. The molecule has 0 heterocycles. The average Bonchev–Trinajstić information content (AvgIpc) is 2.53. The number of nitrogens with two attached hydrogens (primary N) is 1. The molecule has 0 bridgehead atoms. The Morgan fingerprint density at radius 1 is 1.12 bits per heavy atom. The first-order chi connectivity index (χ1) is 11.1. The quantitative estimate of drug-likeness (QED) is 0.538. The summed E-state index contributed by atoms with van der Waals surface area (Å²) in [6.45, 7) is 4.98. The molecule has 0 aromatic heterocycles. The van der Waals surface area contributed by atoms with Crippen LogP contribution in [0.3, 0.4) is 0 Å². The van der Waals surface area contributed by atoms with Crippen LogP contribution in [0.25, 0.3) is 0 Å². The van der Waals surface area contributed by atoms with E-state index < -0.39 is 22.0 Å². The molecule has 2 amide bonds. The van der Waals surface area contributed by atoms with Crippen LogP contribution in [0, 0.1) is 5.92 Å². The van der Waals surface area contributed by atoms with Crippen molar-refractivity contribution in [3.8, 4) is 0 Å². The van der Waals surface area contributed by atoms with E-state index in [0.29, 0.717) is 11.4 Å². The molecular formula is C15H24N4O4S. The maximum atomic E-state index is 11.8. The van der Waals surface area contributed by atoms with Crippen molar-refractivity contribution in [2.45, 2.75) is 26.8 Å². The van der Waals surface area contributed by atoms with Crippen LogP contribution in [-0.4, -0.2) is 38.6 Å². The fourth-order valence-corrected chi connectivity index (χ4v) is 2.31. The van der Waals surface area contributed by atoms with Gasteiger partial charge in [0.15, 0.2) is 0 Å². The summed E-state index contributed by atoms with van der Waals surface area (Å²) in [5.41, 5.74) is 6.57. The molecule has 5 N–H and O–H groups in total. The van der Waals surface area contributed by atoms with Crippen LogP contribution >= 0.6 is 0 Å². The molecule has 0 aliphatic carbocycles. The molecule has 0 fully saturated rings. The predicted octanol–water partition coefficient (Wildman–Crippen LogP) is 0.486. The third-order valence-electron chi connectivity index (χ3n) is 3.27. The molecule has 0 spiro atoms. The molecule has 1 aromatic rings. The summed E-state index contributed by atoms with van der Waals surface area (Å²) in [5, 5.41) is 5.06. The highest BCUT2D eigenvalue weighted by Crippen LogP contribution is 2.14. The van der Waals surface area contributed by atoms with Crippen molar-refractivity contribution in [1.29, 1.82) is 0 Å². The second-order valence-electron chi connectivity index (χ2n) is 5.62. The maximum Gasteiger partial charge on any atom is 0.243 e. The van der Waals surface area contributed by atoms with Gasteiger partial charge in [-0.1, -0.05) is 13.8 Å². The molecular weight excluding hydrogens is 332 g/mol. The summed E-state index contributed by atoms with van der Waals surface area (Å²) in [5.74, 6) is -0.831. The molecule has 0 radical (unpaired) electrons. The number of rotatable bonds is 8. The molecule has 0 unspecified atom stereocenters. The lowest BCUT2D eigenvalue weighted by molar-refractivity contribution is -0.125. The smallest absolute Gasteiger partial charge is 0.243 e. The molecule has 9 heteroatoms. The van der Waals surface area contributed by atoms with Gasteiger partial charge in [0.1, 0.15) is 0 Å². The lowest BCUT2D eigenvalue weighted by atomic mass is 10.1. The van der Waals surface area contributed by atoms with Gasteiger partial charge in [-0.3, -0.25) is 14.3 Å². The Hall–Kier alpha value is -2.13. The van der Waals surface area contributed by atoms with E-state index in [0.717, 1.165) is 0 Å². The molecule has 8 nitrogen and oxygen atoms in total. The molecule has 1 aromatic carbocycles. The fourth-order valence-electron chi connectivity index (χ4n) is 1.67. The van der Waals surface area contributed by atoms with Gasteiger partial charge in [-0.2, -0.15) is 0 Å². The first-order valence-electron chi connectivity index (χ1n) is 7.58. The second kappa shape index (κ2) is 8.65. The highest BCUT2D eigenvalue weighted by molar-refractivity contribution is 7.92. The van der Waals surface area contributed by atoms with Crippen molar-refractivity contribution >= 4 is 33.2 Å². The van der Waals surface area contributed by atoms with E-state index in [2.05, 4.69) is 15.4 Å². The van der Waals surface area contributed by atoms with Crippen LogP contribution in [0.1, 0.15) is 20.8 Å². The lowest BCUT2D eigenvalue weighted by Gasteiger charge is -2.15. The van der Waals surface area contributed by atoms with E-state index in [-0.39, 0.29) is 24.1 Å². The molecule has 0 saturated carbocycles. The predicted molar refractivity (Wildman–Crippen MR) is 94.0 cm³/mol. The topological polar surface area (TPSA) is 130 Å². The maximum absolute atomic E-state index is 11.8. The minimum absolute atomic E-state index is 0.0208. The number of hydrogen-bond donors (Lipinski definition) is 4. The Morgan fingerprint density at radius 2 is 1.67 bits per heavy atom. The van der Waals surface area contributed by atoms with E-state index in [1.807, 2.05) is 13.8 Å². The molecule has 1 rings (SSSR count). The van der Waals surface area contributed by atoms with E-state index in [1.165, 1.54) is 19.1 Å². The van der Waals surface area contributed by atoms with Gasteiger partial charge in [0.25, 0.3) is 0 Å². The van der Waals surface area contributed by atoms with Crippen LogP contribution in [0.5, 0.6) is 0 Å². The Labute approximate surface area is 142 Å². The number of nitrogens with one attached hydrogen (secondary N) is 3. The highest BCUT2D eigenvalue weighted by Gasteiger charge is 2.17. The van der Waals surface area contributed by atoms with Gasteiger partial charge in [-0.25, -0.2) is 8.42 Å². The van der Waals surface area contributed by atoms with Crippen molar-refractivity contribution in [1.82, 2.24) is 5.32 Å². The third kappa shape index (κ3) is 6.55. The van der Waals surface area contributed by atoms with Gasteiger partial charge in [-0.05, 0) is 37.1 Å². The SMILES string of the molecule is CCS(=O)(=O)Nc1ccc(NC(=O)CNC(=O)[C@@H](N)C(C)C)cc1. The van der Waals surface area contributed by atoms with Crippen LogP contribution < -0.4 is 21.1 Å². The lowest BCUT2D eigenvalue weighted by Crippen LogP contribution is -2.46. The van der Waals surface area contributed by atoms with Crippen LogP contribution in [0.2, 0.25) is 0 Å². The fraction of sp³-hybridized carbons (Fsp3) is 0.467. The number of hydrogen-bond acceptors (Lipinski definition) is 5. The van der Waals surface area contributed by atoms with E-state index in [9.17, 15) is 18.0 Å². The average molecular weight is 356 g/mol. The van der Waals surface area contributed by atoms with Gasteiger partial charge >= 0.3 is 0 Å². The van der Waals surface area contributed by atoms with Crippen molar-refractivity contribution < 1.29 is 18.0 Å². The minimum Gasteiger partial charge on any atom is -0.346 e. The molecule has 1 atom stereocenters. The standard InChI is InChI=1S/C15H24N4O4S/c1-4-24(22,23)19-12-7-5-11(6-8-12)18-13(20)9-17-15(21)14(16)10(2)3/h5-8,10,14,19H,4,9,16H2,1-3H3,(H,17,21)(H,18,20)/t14-/m0/s1. The monoisotopic (exact) mass is 356 g/mol. The van der Waals surface area contributed by atoms with Crippen molar-refractivity contribution in [2.75, 3.05) is 22.3 Å². The number of anilines is 2. The summed E-state index contributed by atoms with van der Waals surface area (Å²) >= 11 is 0. The summed E-state index contributed by atoms with van der Waals surface area (Å²) in [6.07, 6.45) is 0. The van der Waals surface area contributed by atoms with Crippen molar-refractivity contribution in [3.63, 3.8) is 0 Å². The zero-order valence-electron chi connectivity index (χ0n) is 14.0. The zero-order valence-corrected chi connectivity index (χ0v) is 14.8. The van der Waals surface area contributed by atoms with Crippen LogP contribution in [0.4, 0.5) is 11.4 Å². The Morgan fingerprint density at radius 3 is 2.17 bits per heavy atom. The highest BCUT2D eigenvalue weighted by atomic mass is 32.2.